The molecule has 1 saturated heterocycles. The van der Waals surface area contributed by atoms with Gasteiger partial charge in [-0.15, -0.1) is 0 Å². The summed E-state index contributed by atoms with van der Waals surface area (Å²) in [6, 6.07) is 7.74. The minimum absolute atomic E-state index is 0.279. The van der Waals surface area contributed by atoms with Crippen LogP contribution in [0.4, 0.5) is 5.69 Å². The Bertz CT molecular complexity index is 485. The van der Waals surface area contributed by atoms with Crippen LogP contribution < -0.4 is 11.1 Å². The molecule has 21 heavy (non-hydrogen) atoms. The highest BCUT2D eigenvalue weighted by Gasteiger charge is 2.29. The molecule has 0 spiro atoms. The molecule has 2 rings (SSSR count). The Morgan fingerprint density at radius 2 is 2.14 bits per heavy atom. The van der Waals surface area contributed by atoms with E-state index in [9.17, 15) is 5.11 Å². The number of aliphatic imine (C=N–C) groups is 1. The lowest BCUT2D eigenvalue weighted by Crippen LogP contribution is -2.40. The van der Waals surface area contributed by atoms with Crippen molar-refractivity contribution in [3.8, 4) is 0 Å². The number of rotatable bonds is 5. The van der Waals surface area contributed by atoms with Crippen molar-refractivity contribution in [2.24, 2.45) is 10.7 Å². The van der Waals surface area contributed by atoms with Crippen LogP contribution in [0.25, 0.3) is 0 Å². The molecule has 1 aromatic rings. The van der Waals surface area contributed by atoms with Crippen LogP contribution in [0, 0.1) is 0 Å². The van der Waals surface area contributed by atoms with Crippen molar-refractivity contribution in [3.63, 3.8) is 0 Å². The number of methoxy groups -OCH3 is 1. The Kier molecular flexibility index (Phi) is 5.55. The summed E-state index contributed by atoms with van der Waals surface area (Å²) < 4.78 is 10.4. The standard InChI is InChI=1S/C15H23N3O3/c1-20-10-12-4-2-3-5-13(12)18-14(16)17-11-15(19)6-8-21-9-7-15/h2-5,19H,6-11H2,1H3,(H3,16,17,18). The maximum atomic E-state index is 10.3. The van der Waals surface area contributed by atoms with Crippen molar-refractivity contribution in [2.75, 3.05) is 32.2 Å². The molecule has 0 saturated carbocycles. The zero-order valence-corrected chi connectivity index (χ0v) is 12.3. The lowest BCUT2D eigenvalue weighted by molar-refractivity contribution is -0.0565. The Hall–Kier alpha value is -1.63. The molecule has 0 atom stereocenters. The Morgan fingerprint density at radius 1 is 1.43 bits per heavy atom. The number of nitrogens with two attached hydrogens (primary N) is 1. The molecule has 116 valence electrons. The number of guanidine groups is 1. The van der Waals surface area contributed by atoms with Crippen LogP contribution in [0.5, 0.6) is 0 Å². The van der Waals surface area contributed by atoms with Gasteiger partial charge in [0.15, 0.2) is 5.96 Å². The van der Waals surface area contributed by atoms with Crippen molar-refractivity contribution in [1.29, 1.82) is 0 Å². The fourth-order valence-electron chi connectivity index (χ4n) is 2.24. The molecule has 1 aliphatic heterocycles. The highest BCUT2D eigenvalue weighted by molar-refractivity contribution is 5.93. The van der Waals surface area contributed by atoms with Crippen LogP contribution in [-0.4, -0.2) is 43.5 Å². The van der Waals surface area contributed by atoms with Gasteiger partial charge in [-0.3, -0.25) is 4.99 Å². The van der Waals surface area contributed by atoms with Gasteiger partial charge >= 0.3 is 0 Å². The van der Waals surface area contributed by atoms with E-state index in [0.717, 1.165) is 11.3 Å². The summed E-state index contributed by atoms with van der Waals surface area (Å²) >= 11 is 0. The molecule has 0 aromatic heterocycles. The molecule has 1 aromatic carbocycles. The second kappa shape index (κ2) is 7.40. The lowest BCUT2D eigenvalue weighted by Gasteiger charge is -2.30. The fourth-order valence-corrected chi connectivity index (χ4v) is 2.24. The molecule has 1 aliphatic rings. The summed E-state index contributed by atoms with van der Waals surface area (Å²) in [5.74, 6) is 0.290. The van der Waals surface area contributed by atoms with Crippen molar-refractivity contribution in [1.82, 2.24) is 0 Å². The molecular weight excluding hydrogens is 270 g/mol. The third kappa shape index (κ3) is 4.70. The average molecular weight is 293 g/mol. The van der Waals surface area contributed by atoms with E-state index in [1.165, 1.54) is 0 Å². The Labute approximate surface area is 125 Å². The summed E-state index contributed by atoms with van der Waals surface area (Å²) in [5.41, 5.74) is 6.96. The van der Waals surface area contributed by atoms with Crippen LogP contribution in [0.2, 0.25) is 0 Å². The smallest absolute Gasteiger partial charge is 0.193 e. The number of para-hydroxylation sites is 1. The lowest BCUT2D eigenvalue weighted by atomic mass is 9.95. The van der Waals surface area contributed by atoms with Gasteiger partial charge in [0.25, 0.3) is 0 Å². The van der Waals surface area contributed by atoms with E-state index >= 15 is 0 Å². The van der Waals surface area contributed by atoms with Gasteiger partial charge in [-0.2, -0.15) is 0 Å². The maximum Gasteiger partial charge on any atom is 0.193 e. The molecule has 0 bridgehead atoms. The predicted octanol–water partition coefficient (Wildman–Crippen LogP) is 1.10. The summed E-state index contributed by atoms with van der Waals surface area (Å²) in [6.45, 7) is 1.91. The molecule has 1 heterocycles. The van der Waals surface area contributed by atoms with Crippen LogP contribution >= 0.6 is 0 Å². The third-order valence-corrected chi connectivity index (χ3v) is 3.55. The topological polar surface area (TPSA) is 89.1 Å². The third-order valence-electron chi connectivity index (χ3n) is 3.55. The summed E-state index contributed by atoms with van der Waals surface area (Å²) in [6.07, 6.45) is 1.17. The molecule has 0 aliphatic carbocycles. The molecule has 4 N–H and O–H groups in total. The SMILES string of the molecule is COCc1ccccc1NC(N)=NCC1(O)CCOCC1. The summed E-state index contributed by atoms with van der Waals surface area (Å²) in [7, 11) is 1.65. The largest absolute Gasteiger partial charge is 0.388 e. The maximum absolute atomic E-state index is 10.3. The Balaban J connectivity index is 1.97. The minimum Gasteiger partial charge on any atom is -0.388 e. The second-order valence-electron chi connectivity index (χ2n) is 5.25. The number of hydrogen-bond donors (Lipinski definition) is 3. The first-order valence-corrected chi connectivity index (χ1v) is 7.07. The van der Waals surface area contributed by atoms with Crippen LogP contribution in [0.15, 0.2) is 29.3 Å². The van der Waals surface area contributed by atoms with Gasteiger partial charge in [0, 0.05) is 44.4 Å². The van der Waals surface area contributed by atoms with Crippen molar-refractivity contribution in [3.05, 3.63) is 29.8 Å². The Morgan fingerprint density at radius 3 is 2.86 bits per heavy atom. The summed E-state index contributed by atoms with van der Waals surface area (Å²) in [5, 5.41) is 13.4. The van der Waals surface area contributed by atoms with Gasteiger partial charge < -0.3 is 25.6 Å². The fraction of sp³-hybridized carbons (Fsp3) is 0.533. The molecule has 0 radical (unpaired) electrons. The number of aliphatic hydroxyl groups is 1. The highest BCUT2D eigenvalue weighted by Crippen LogP contribution is 2.21. The molecule has 6 nitrogen and oxygen atoms in total. The normalized spacial score (nSPS) is 18.5. The predicted molar refractivity (Wildman–Crippen MR) is 82.3 cm³/mol. The highest BCUT2D eigenvalue weighted by atomic mass is 16.5. The van der Waals surface area contributed by atoms with E-state index in [4.69, 9.17) is 15.2 Å². The van der Waals surface area contributed by atoms with Gasteiger partial charge in [-0.25, -0.2) is 0 Å². The van der Waals surface area contributed by atoms with E-state index in [2.05, 4.69) is 10.3 Å². The number of ether oxygens (including phenoxy) is 2. The van der Waals surface area contributed by atoms with Crippen LogP contribution in [0.1, 0.15) is 18.4 Å². The average Bonchev–Trinajstić information content (AvgIpc) is 2.48. The molecule has 0 amide bonds. The van der Waals surface area contributed by atoms with Crippen LogP contribution in [-0.2, 0) is 16.1 Å². The number of anilines is 1. The van der Waals surface area contributed by atoms with E-state index in [1.807, 2.05) is 24.3 Å². The monoisotopic (exact) mass is 293 g/mol. The zero-order chi connectivity index (χ0) is 15.1. The van der Waals surface area contributed by atoms with Crippen LogP contribution in [0.3, 0.4) is 0 Å². The van der Waals surface area contributed by atoms with Gasteiger partial charge in [0.1, 0.15) is 0 Å². The van der Waals surface area contributed by atoms with E-state index in [1.54, 1.807) is 7.11 Å². The van der Waals surface area contributed by atoms with Gasteiger partial charge in [-0.05, 0) is 6.07 Å². The van der Waals surface area contributed by atoms with Crippen molar-refractivity contribution in [2.45, 2.75) is 25.0 Å². The van der Waals surface area contributed by atoms with Gasteiger partial charge in [-0.1, -0.05) is 18.2 Å². The van der Waals surface area contributed by atoms with Crippen molar-refractivity contribution < 1.29 is 14.6 Å². The van der Waals surface area contributed by atoms with E-state index < -0.39 is 5.60 Å². The summed E-state index contributed by atoms with van der Waals surface area (Å²) in [4.78, 5) is 4.25. The first-order valence-electron chi connectivity index (χ1n) is 7.07. The van der Waals surface area contributed by atoms with E-state index in [-0.39, 0.29) is 6.54 Å². The number of benzene rings is 1. The molecule has 1 fully saturated rings. The van der Waals surface area contributed by atoms with Gasteiger partial charge in [0.05, 0.1) is 18.8 Å². The van der Waals surface area contributed by atoms with E-state index in [0.29, 0.717) is 38.6 Å². The molecule has 6 heteroatoms. The number of nitrogens with zero attached hydrogens (tertiary/aromatic N) is 1. The number of hydrogen-bond acceptors (Lipinski definition) is 4. The number of nitrogens with one attached hydrogen (secondary N) is 1. The first kappa shape index (κ1) is 15.8. The van der Waals surface area contributed by atoms with Gasteiger partial charge in [0.2, 0.25) is 0 Å². The molecule has 0 unspecified atom stereocenters. The first-order chi connectivity index (χ1) is 10.1. The quantitative estimate of drug-likeness (QED) is 0.559. The molecular formula is C15H23N3O3. The second-order valence-corrected chi connectivity index (χ2v) is 5.25. The van der Waals surface area contributed by atoms with Crippen molar-refractivity contribution >= 4 is 11.6 Å². The minimum atomic E-state index is -0.809. The zero-order valence-electron chi connectivity index (χ0n) is 12.3.